The lowest BCUT2D eigenvalue weighted by Gasteiger charge is -2.10. The van der Waals surface area contributed by atoms with Crippen molar-refractivity contribution in [2.24, 2.45) is 5.16 Å². The van der Waals surface area contributed by atoms with Gasteiger partial charge in [-0.15, -0.1) is 0 Å². The minimum absolute atomic E-state index is 0.259. The van der Waals surface area contributed by atoms with Crippen LogP contribution < -0.4 is 4.74 Å². The molecule has 0 aliphatic heterocycles. The quantitative estimate of drug-likeness (QED) is 0.297. The third kappa shape index (κ3) is 5.85. The smallest absolute Gasteiger partial charge is 0.151 e. The summed E-state index contributed by atoms with van der Waals surface area (Å²) in [6, 6.07) is 12.3. The van der Waals surface area contributed by atoms with E-state index in [-0.39, 0.29) is 6.61 Å². The molecule has 3 aromatic rings. The van der Waals surface area contributed by atoms with Crippen molar-refractivity contribution in [1.82, 2.24) is 14.8 Å². The summed E-state index contributed by atoms with van der Waals surface area (Å²) in [6.45, 7) is 0.935. The monoisotopic (exact) mass is 424 g/mol. The predicted octanol–water partition coefficient (Wildman–Crippen LogP) is 4.74. The molecule has 140 valence electrons. The Hall–Kier alpha value is -2.28. The Balaban J connectivity index is 1.63. The molecule has 0 spiro atoms. The van der Waals surface area contributed by atoms with Crippen molar-refractivity contribution in [3.05, 3.63) is 75.8 Å². The molecule has 0 aliphatic carbocycles. The van der Waals surface area contributed by atoms with Crippen molar-refractivity contribution >= 4 is 40.5 Å². The maximum absolute atomic E-state index is 6.30. The molecule has 3 rings (SSSR count). The third-order valence-corrected chi connectivity index (χ3v) is 4.25. The van der Waals surface area contributed by atoms with Crippen molar-refractivity contribution in [2.75, 3.05) is 13.2 Å². The lowest BCUT2D eigenvalue weighted by Crippen LogP contribution is -2.14. The minimum atomic E-state index is 0.259. The van der Waals surface area contributed by atoms with Crippen LogP contribution in [-0.2, 0) is 11.4 Å². The fraction of sp³-hybridized carbons (Fsp3) is 0.167. The van der Waals surface area contributed by atoms with Crippen LogP contribution in [0.4, 0.5) is 0 Å². The van der Waals surface area contributed by atoms with Crippen LogP contribution in [0.25, 0.3) is 0 Å². The molecule has 1 aromatic heterocycles. The first kappa shape index (κ1) is 19.5. The summed E-state index contributed by atoms with van der Waals surface area (Å²) in [5.74, 6) is 0.704. The van der Waals surface area contributed by atoms with Gasteiger partial charge in [0.2, 0.25) is 0 Å². The Labute approximate surface area is 171 Å². The van der Waals surface area contributed by atoms with Gasteiger partial charge in [0.15, 0.2) is 6.61 Å². The van der Waals surface area contributed by atoms with Crippen molar-refractivity contribution < 1.29 is 9.57 Å². The fourth-order valence-electron chi connectivity index (χ4n) is 2.21. The van der Waals surface area contributed by atoms with Crippen LogP contribution in [-0.4, -0.2) is 33.7 Å². The van der Waals surface area contributed by atoms with Crippen molar-refractivity contribution in [3.8, 4) is 5.75 Å². The fourth-order valence-corrected chi connectivity index (χ4v) is 2.85. The Morgan fingerprint density at radius 3 is 2.48 bits per heavy atom. The zero-order valence-electron chi connectivity index (χ0n) is 14.1. The second kappa shape index (κ2) is 9.60. The molecule has 1 heterocycles. The van der Waals surface area contributed by atoms with Gasteiger partial charge in [0, 0.05) is 15.6 Å². The number of halogens is 3. The molecule has 0 amide bonds. The summed E-state index contributed by atoms with van der Waals surface area (Å²) < 4.78 is 7.19. The van der Waals surface area contributed by atoms with E-state index in [1.807, 2.05) is 0 Å². The molecule has 0 fully saturated rings. The van der Waals surface area contributed by atoms with Crippen LogP contribution >= 0.6 is 34.8 Å². The molecular formula is C18H15Cl3N4O2. The van der Waals surface area contributed by atoms with Crippen LogP contribution in [0.1, 0.15) is 5.56 Å². The molecule has 0 bridgehead atoms. The molecular weight excluding hydrogens is 411 g/mol. The van der Waals surface area contributed by atoms with Gasteiger partial charge in [-0.1, -0.05) is 40.0 Å². The van der Waals surface area contributed by atoms with E-state index in [4.69, 9.17) is 44.4 Å². The average Bonchev–Trinajstić information content (AvgIpc) is 3.15. The number of ether oxygens (including phenoxy) is 1. The highest BCUT2D eigenvalue weighted by Gasteiger charge is 2.11. The number of oxime groups is 1. The summed E-state index contributed by atoms with van der Waals surface area (Å²) >= 11 is 18.1. The normalized spacial score (nSPS) is 11.4. The van der Waals surface area contributed by atoms with E-state index in [0.717, 1.165) is 0 Å². The van der Waals surface area contributed by atoms with Gasteiger partial charge in [-0.25, -0.2) is 9.67 Å². The first-order valence-corrected chi connectivity index (χ1v) is 9.10. The average molecular weight is 426 g/mol. The van der Waals surface area contributed by atoms with E-state index < -0.39 is 0 Å². The van der Waals surface area contributed by atoms with Gasteiger partial charge in [0.25, 0.3) is 0 Å². The first-order valence-electron chi connectivity index (χ1n) is 7.97. The van der Waals surface area contributed by atoms with E-state index in [1.165, 1.54) is 6.33 Å². The second-order valence-corrected chi connectivity index (χ2v) is 6.67. The van der Waals surface area contributed by atoms with Crippen LogP contribution in [0, 0.1) is 0 Å². The molecule has 0 atom stereocenters. The molecule has 27 heavy (non-hydrogen) atoms. The largest absolute Gasteiger partial charge is 0.490 e. The van der Waals surface area contributed by atoms with Gasteiger partial charge < -0.3 is 9.57 Å². The van der Waals surface area contributed by atoms with E-state index in [2.05, 4.69) is 15.2 Å². The SMILES string of the molecule is Clc1ccc(OCCON=C(Cn2cncn2)c2ccc(Cl)cc2Cl)cc1. The van der Waals surface area contributed by atoms with Gasteiger partial charge in [-0.05, 0) is 42.5 Å². The zero-order chi connectivity index (χ0) is 19.1. The van der Waals surface area contributed by atoms with Crippen LogP contribution in [0.15, 0.2) is 60.3 Å². The molecule has 2 aromatic carbocycles. The van der Waals surface area contributed by atoms with E-state index in [9.17, 15) is 0 Å². The summed E-state index contributed by atoms with van der Waals surface area (Å²) in [7, 11) is 0. The highest BCUT2D eigenvalue weighted by molar-refractivity contribution is 6.37. The predicted molar refractivity (Wildman–Crippen MR) is 106 cm³/mol. The van der Waals surface area contributed by atoms with E-state index in [1.54, 1.807) is 53.5 Å². The van der Waals surface area contributed by atoms with Crippen LogP contribution in [0.3, 0.4) is 0 Å². The molecule has 0 saturated heterocycles. The lowest BCUT2D eigenvalue weighted by atomic mass is 10.1. The number of hydrogen-bond acceptors (Lipinski definition) is 5. The Morgan fingerprint density at radius 1 is 1.00 bits per heavy atom. The summed E-state index contributed by atoms with van der Waals surface area (Å²) in [6.07, 6.45) is 3.03. The lowest BCUT2D eigenvalue weighted by molar-refractivity contribution is 0.106. The molecule has 0 N–H and O–H groups in total. The zero-order valence-corrected chi connectivity index (χ0v) is 16.3. The number of nitrogens with zero attached hydrogens (tertiary/aromatic N) is 4. The number of benzene rings is 2. The maximum Gasteiger partial charge on any atom is 0.151 e. The van der Waals surface area contributed by atoms with Gasteiger partial charge in [-0.2, -0.15) is 5.10 Å². The Bertz CT molecular complexity index is 899. The van der Waals surface area contributed by atoms with Gasteiger partial charge in [0.05, 0.1) is 11.6 Å². The number of hydrogen-bond donors (Lipinski definition) is 0. The first-order chi connectivity index (χ1) is 13.1. The van der Waals surface area contributed by atoms with Gasteiger partial charge >= 0.3 is 0 Å². The summed E-state index contributed by atoms with van der Waals surface area (Å²) in [5, 5.41) is 9.96. The molecule has 0 radical (unpaired) electrons. The van der Waals surface area contributed by atoms with Crippen molar-refractivity contribution in [2.45, 2.75) is 6.54 Å². The van der Waals surface area contributed by atoms with Crippen LogP contribution in [0.5, 0.6) is 5.75 Å². The third-order valence-electron chi connectivity index (χ3n) is 3.45. The second-order valence-electron chi connectivity index (χ2n) is 5.39. The molecule has 0 aliphatic rings. The Morgan fingerprint density at radius 2 is 1.78 bits per heavy atom. The topological polar surface area (TPSA) is 61.5 Å². The number of rotatable bonds is 8. The Kier molecular flexibility index (Phi) is 6.92. The molecule has 0 saturated carbocycles. The van der Waals surface area contributed by atoms with Gasteiger partial charge in [0.1, 0.15) is 30.7 Å². The standard InChI is InChI=1S/C18H15Cl3N4O2/c19-13-1-4-15(5-2-13)26-7-8-27-24-18(10-25-12-22-11-23-25)16-6-3-14(20)9-17(16)21/h1-6,9,11-12H,7-8,10H2. The van der Waals surface area contributed by atoms with Gasteiger partial charge in [-0.3, -0.25) is 0 Å². The molecule has 9 heteroatoms. The number of aromatic nitrogens is 3. The summed E-state index contributed by atoms with van der Waals surface area (Å²) in [4.78, 5) is 9.34. The van der Waals surface area contributed by atoms with E-state index in [0.29, 0.717) is 45.2 Å². The highest BCUT2D eigenvalue weighted by atomic mass is 35.5. The van der Waals surface area contributed by atoms with E-state index >= 15 is 0 Å². The summed E-state index contributed by atoms with van der Waals surface area (Å²) in [5.41, 5.74) is 1.30. The van der Waals surface area contributed by atoms with Crippen molar-refractivity contribution in [1.29, 1.82) is 0 Å². The highest BCUT2D eigenvalue weighted by Crippen LogP contribution is 2.22. The van der Waals surface area contributed by atoms with Crippen LogP contribution in [0.2, 0.25) is 15.1 Å². The minimum Gasteiger partial charge on any atom is -0.490 e. The van der Waals surface area contributed by atoms with Crippen molar-refractivity contribution in [3.63, 3.8) is 0 Å². The molecule has 6 nitrogen and oxygen atoms in total. The maximum atomic E-state index is 6.30. The molecule has 0 unspecified atom stereocenters.